The fourth-order valence-electron chi connectivity index (χ4n) is 4.04. The van der Waals surface area contributed by atoms with E-state index in [-0.39, 0.29) is 34.4 Å². The van der Waals surface area contributed by atoms with Crippen LogP contribution in [0.2, 0.25) is 0 Å². The highest BCUT2D eigenvalue weighted by Crippen LogP contribution is 2.30. The van der Waals surface area contributed by atoms with E-state index in [0.29, 0.717) is 11.4 Å². The van der Waals surface area contributed by atoms with Gasteiger partial charge in [-0.15, -0.1) is 20.4 Å². The lowest BCUT2D eigenvalue weighted by molar-refractivity contribution is 0.583. The molecule has 6 rings (SSSR count). The molecule has 0 atom stereocenters. The molecule has 12 heteroatoms. The van der Waals surface area contributed by atoms with Gasteiger partial charge in [-0.3, -0.25) is 0 Å². The van der Waals surface area contributed by atoms with Gasteiger partial charge in [0.2, 0.25) is 11.9 Å². The second-order valence-electron chi connectivity index (χ2n) is 8.78. The number of aromatic nitrogens is 6. The Balaban J connectivity index is 0.000000168. The maximum absolute atomic E-state index is 13.4. The average Bonchev–Trinajstić information content (AvgIpc) is 2.97. The number of hydrogen-bond donors (Lipinski definition) is 2. The summed E-state index contributed by atoms with van der Waals surface area (Å²) in [6.07, 6.45) is 0. The molecule has 0 aliphatic heterocycles. The van der Waals surface area contributed by atoms with Crippen LogP contribution >= 0.6 is 0 Å². The summed E-state index contributed by atoms with van der Waals surface area (Å²) in [4.78, 5) is 8.28. The van der Waals surface area contributed by atoms with Gasteiger partial charge in [0, 0.05) is 34.4 Å². The van der Waals surface area contributed by atoms with Crippen molar-refractivity contribution in [1.29, 1.82) is 0 Å². The molecule has 208 valence electrons. The number of anilines is 2. The van der Waals surface area contributed by atoms with Gasteiger partial charge in [-0.1, -0.05) is 60.7 Å². The summed E-state index contributed by atoms with van der Waals surface area (Å²) in [6.45, 7) is 0. The second-order valence-corrected chi connectivity index (χ2v) is 8.78. The van der Waals surface area contributed by atoms with E-state index in [1.165, 1.54) is 24.3 Å². The van der Waals surface area contributed by atoms with E-state index in [4.69, 9.17) is 11.5 Å². The minimum atomic E-state index is -0.692. The van der Waals surface area contributed by atoms with Crippen molar-refractivity contribution in [2.24, 2.45) is 0 Å². The normalized spacial score (nSPS) is 10.6. The van der Waals surface area contributed by atoms with Gasteiger partial charge in [0.1, 0.15) is 46.0 Å². The Morgan fingerprint density at radius 1 is 0.381 bits per heavy atom. The predicted molar refractivity (Wildman–Crippen MR) is 150 cm³/mol. The van der Waals surface area contributed by atoms with E-state index in [1.54, 1.807) is 0 Å². The summed E-state index contributed by atoms with van der Waals surface area (Å²) in [6, 6.07) is 24.5. The van der Waals surface area contributed by atoms with Crippen LogP contribution in [-0.4, -0.2) is 30.4 Å². The molecule has 0 saturated carbocycles. The molecule has 0 amide bonds. The zero-order valence-corrected chi connectivity index (χ0v) is 21.6. The third-order valence-corrected chi connectivity index (χ3v) is 5.77. The summed E-state index contributed by atoms with van der Waals surface area (Å²) >= 11 is 0. The number of rotatable bonds is 4. The van der Waals surface area contributed by atoms with Gasteiger partial charge in [0.25, 0.3) is 0 Å². The largest absolute Gasteiger partial charge is 0.366 e. The van der Waals surface area contributed by atoms with Crippen LogP contribution in [0.5, 0.6) is 0 Å². The van der Waals surface area contributed by atoms with Gasteiger partial charge in [-0.05, 0) is 24.3 Å². The first-order valence-electron chi connectivity index (χ1n) is 12.3. The zero-order chi connectivity index (χ0) is 29.6. The maximum atomic E-state index is 13.4. The van der Waals surface area contributed by atoms with Crippen LogP contribution in [0.25, 0.3) is 45.0 Å². The maximum Gasteiger partial charge on any atom is 0.240 e. The summed E-state index contributed by atoms with van der Waals surface area (Å²) in [5.41, 5.74) is 14.5. The molecule has 42 heavy (non-hydrogen) atoms. The third kappa shape index (κ3) is 6.50. The Hall–Kier alpha value is -5.78. The molecular formula is C30H20F4N8. The summed E-state index contributed by atoms with van der Waals surface area (Å²) < 4.78 is 53.6. The van der Waals surface area contributed by atoms with E-state index in [2.05, 4.69) is 30.4 Å². The van der Waals surface area contributed by atoms with Crippen molar-refractivity contribution in [3.05, 3.63) is 120 Å². The molecule has 0 unspecified atom stereocenters. The Morgan fingerprint density at radius 3 is 1.05 bits per heavy atom. The summed E-state index contributed by atoms with van der Waals surface area (Å²) in [5.74, 6) is -2.78. The van der Waals surface area contributed by atoms with Gasteiger partial charge >= 0.3 is 0 Å². The molecule has 0 saturated heterocycles. The molecule has 4 N–H and O–H groups in total. The summed E-state index contributed by atoms with van der Waals surface area (Å²) in [7, 11) is 0. The third-order valence-electron chi connectivity index (χ3n) is 5.77. The number of halogens is 4. The van der Waals surface area contributed by atoms with E-state index in [1.807, 2.05) is 60.7 Å². The molecule has 0 aliphatic rings. The standard InChI is InChI=1S/2C15H10F2N4/c2*16-11-6-10(7-12(17)8-11)14-13(19-15(18)21-20-14)9-4-2-1-3-5-9/h2*1-8H,(H2,18,19,21). The lowest BCUT2D eigenvalue weighted by atomic mass is 10.0. The molecule has 8 nitrogen and oxygen atoms in total. The topological polar surface area (TPSA) is 129 Å². The Kier molecular flexibility index (Phi) is 8.05. The predicted octanol–water partition coefficient (Wildman–Crippen LogP) is 6.13. The first-order valence-corrected chi connectivity index (χ1v) is 12.3. The molecule has 0 bridgehead atoms. The number of nitrogen functional groups attached to an aromatic ring is 2. The number of hydrogen-bond acceptors (Lipinski definition) is 8. The Bertz CT molecular complexity index is 1680. The van der Waals surface area contributed by atoms with Gasteiger partial charge in [0.05, 0.1) is 0 Å². The first-order chi connectivity index (χ1) is 20.3. The summed E-state index contributed by atoms with van der Waals surface area (Å²) in [5, 5.41) is 15.2. The van der Waals surface area contributed by atoms with Crippen molar-refractivity contribution >= 4 is 11.9 Å². The monoisotopic (exact) mass is 568 g/mol. The molecule has 0 aliphatic carbocycles. The quantitative estimate of drug-likeness (QED) is 0.243. The van der Waals surface area contributed by atoms with Crippen molar-refractivity contribution in [2.45, 2.75) is 0 Å². The molecular weight excluding hydrogens is 548 g/mol. The molecule has 2 aromatic heterocycles. The van der Waals surface area contributed by atoms with Crippen LogP contribution < -0.4 is 11.5 Å². The van der Waals surface area contributed by atoms with E-state index in [0.717, 1.165) is 23.3 Å². The van der Waals surface area contributed by atoms with Crippen molar-refractivity contribution in [1.82, 2.24) is 30.4 Å². The number of benzene rings is 4. The molecule has 6 aromatic rings. The smallest absolute Gasteiger partial charge is 0.240 e. The van der Waals surface area contributed by atoms with Crippen LogP contribution in [-0.2, 0) is 0 Å². The lowest BCUT2D eigenvalue weighted by Crippen LogP contribution is -2.02. The zero-order valence-electron chi connectivity index (χ0n) is 21.6. The Morgan fingerprint density at radius 2 is 0.714 bits per heavy atom. The van der Waals surface area contributed by atoms with E-state index < -0.39 is 23.3 Å². The SMILES string of the molecule is Nc1nnc(-c2cc(F)cc(F)c2)c(-c2ccccc2)n1.Nc1nnc(-c2cc(F)cc(F)c2)c(-c2ccccc2)n1. The minimum absolute atomic E-state index is 0.00511. The van der Waals surface area contributed by atoms with Gasteiger partial charge < -0.3 is 11.5 Å². The molecule has 0 fully saturated rings. The number of nitrogens with zero attached hydrogens (tertiary/aromatic N) is 6. The van der Waals surface area contributed by atoms with Gasteiger partial charge in [-0.25, -0.2) is 27.5 Å². The van der Waals surface area contributed by atoms with Crippen LogP contribution in [0, 0.1) is 23.3 Å². The molecule has 0 radical (unpaired) electrons. The lowest BCUT2D eigenvalue weighted by Gasteiger charge is -2.08. The van der Waals surface area contributed by atoms with Crippen LogP contribution in [0.15, 0.2) is 97.1 Å². The van der Waals surface area contributed by atoms with Crippen LogP contribution in [0.3, 0.4) is 0 Å². The van der Waals surface area contributed by atoms with Crippen molar-refractivity contribution < 1.29 is 17.6 Å². The minimum Gasteiger partial charge on any atom is -0.366 e. The number of nitrogens with two attached hydrogens (primary N) is 2. The van der Waals surface area contributed by atoms with Crippen molar-refractivity contribution in [2.75, 3.05) is 11.5 Å². The van der Waals surface area contributed by atoms with E-state index >= 15 is 0 Å². The van der Waals surface area contributed by atoms with Gasteiger partial charge in [-0.2, -0.15) is 0 Å². The van der Waals surface area contributed by atoms with E-state index in [9.17, 15) is 17.6 Å². The highest BCUT2D eigenvalue weighted by molar-refractivity contribution is 5.79. The average molecular weight is 569 g/mol. The van der Waals surface area contributed by atoms with Gasteiger partial charge in [0.15, 0.2) is 0 Å². The van der Waals surface area contributed by atoms with Crippen LogP contribution in [0.1, 0.15) is 0 Å². The van der Waals surface area contributed by atoms with Crippen molar-refractivity contribution in [3.8, 4) is 45.0 Å². The second kappa shape index (κ2) is 12.2. The highest BCUT2D eigenvalue weighted by atomic mass is 19.1. The highest BCUT2D eigenvalue weighted by Gasteiger charge is 2.15. The van der Waals surface area contributed by atoms with Crippen LogP contribution in [0.4, 0.5) is 29.5 Å². The molecule has 0 spiro atoms. The fourth-order valence-corrected chi connectivity index (χ4v) is 4.04. The molecule has 2 heterocycles. The Labute approximate surface area is 236 Å². The first kappa shape index (κ1) is 27.8. The van der Waals surface area contributed by atoms with Crippen molar-refractivity contribution in [3.63, 3.8) is 0 Å². The molecule has 4 aromatic carbocycles. The fraction of sp³-hybridized carbons (Fsp3) is 0.